The highest BCUT2D eigenvalue weighted by Gasteiger charge is 2.28. The van der Waals surface area contributed by atoms with E-state index in [1.54, 1.807) is 43.4 Å². The number of nitrogens with zero attached hydrogens (tertiary/aromatic N) is 3. The van der Waals surface area contributed by atoms with Crippen LogP contribution in [0.1, 0.15) is 22.8 Å². The van der Waals surface area contributed by atoms with Gasteiger partial charge in [-0.1, -0.05) is 25.1 Å². The van der Waals surface area contributed by atoms with Gasteiger partial charge in [0.15, 0.2) is 17.2 Å². The van der Waals surface area contributed by atoms with Crippen LogP contribution in [0.25, 0.3) is 11.1 Å². The molecule has 0 bridgehead atoms. The lowest BCUT2D eigenvalue weighted by Gasteiger charge is -2.26. The molecule has 0 saturated carbocycles. The highest BCUT2D eigenvalue weighted by atomic mass is 19.1. The molecule has 8 heteroatoms. The molecule has 152 valence electrons. The van der Waals surface area contributed by atoms with Gasteiger partial charge in [0.1, 0.15) is 5.69 Å². The van der Waals surface area contributed by atoms with Gasteiger partial charge in [-0.3, -0.25) is 19.2 Å². The highest BCUT2D eigenvalue weighted by Crippen LogP contribution is 2.36. The number of oxazole rings is 1. The van der Waals surface area contributed by atoms with Crippen LogP contribution in [0.2, 0.25) is 0 Å². The van der Waals surface area contributed by atoms with Crippen LogP contribution in [0.4, 0.5) is 20.2 Å². The molecule has 0 spiro atoms. The number of hydrogen-bond acceptors (Lipinski definition) is 4. The molecule has 2 heterocycles. The van der Waals surface area contributed by atoms with E-state index in [1.165, 1.54) is 10.6 Å². The van der Waals surface area contributed by atoms with E-state index in [2.05, 4.69) is 4.98 Å². The minimum Gasteiger partial charge on any atom is -0.408 e. The molecule has 4 aromatic rings. The molecule has 2 aromatic carbocycles. The lowest BCUT2D eigenvalue weighted by atomic mass is 10.1. The Balaban J connectivity index is 2.03. The summed E-state index contributed by atoms with van der Waals surface area (Å²) in [4.78, 5) is 29.8. The fraction of sp³-hybridized carbons (Fsp3) is 0.136. The van der Waals surface area contributed by atoms with Gasteiger partial charge in [-0.2, -0.15) is 0 Å². The van der Waals surface area contributed by atoms with E-state index in [1.807, 2.05) is 6.92 Å². The number of halogens is 2. The fourth-order valence-corrected chi connectivity index (χ4v) is 3.36. The zero-order chi connectivity index (χ0) is 21.4. The van der Waals surface area contributed by atoms with E-state index in [0.29, 0.717) is 17.5 Å². The Morgan fingerprint density at radius 2 is 1.80 bits per heavy atom. The Hall–Kier alpha value is -3.81. The third-order valence-electron chi connectivity index (χ3n) is 4.89. The summed E-state index contributed by atoms with van der Waals surface area (Å²) in [5.74, 6) is -3.19. The van der Waals surface area contributed by atoms with Crippen LogP contribution in [0, 0.1) is 11.6 Å². The second-order valence-electron chi connectivity index (χ2n) is 6.69. The van der Waals surface area contributed by atoms with Crippen LogP contribution in [0.3, 0.4) is 0 Å². The standard InChI is InChI=1S/C22H17F2N3O3/c1-3-13-9-18-19(30-22(29)26(18)2)10-17(13)27(20-15(23)11-25-12-16(20)24)21(28)14-7-5-4-6-8-14/h4-12H,3H2,1-2H3. The molecule has 2 aromatic heterocycles. The van der Waals surface area contributed by atoms with Crippen molar-refractivity contribution in [3.8, 4) is 0 Å². The van der Waals surface area contributed by atoms with Crippen molar-refractivity contribution in [2.75, 3.05) is 4.90 Å². The second-order valence-corrected chi connectivity index (χ2v) is 6.69. The molecule has 1 amide bonds. The summed E-state index contributed by atoms with van der Waals surface area (Å²) in [7, 11) is 1.56. The first kappa shape index (κ1) is 19.5. The van der Waals surface area contributed by atoms with Crippen LogP contribution in [-0.4, -0.2) is 15.5 Å². The van der Waals surface area contributed by atoms with Crippen LogP contribution < -0.4 is 10.7 Å². The first-order valence-corrected chi connectivity index (χ1v) is 9.23. The number of pyridine rings is 1. The van der Waals surface area contributed by atoms with Gasteiger partial charge >= 0.3 is 5.76 Å². The number of anilines is 2. The molecule has 4 rings (SSSR count). The molecule has 0 radical (unpaired) electrons. The minimum atomic E-state index is -0.990. The van der Waals surface area contributed by atoms with Gasteiger partial charge in [0.05, 0.1) is 23.6 Å². The van der Waals surface area contributed by atoms with Crippen molar-refractivity contribution in [1.82, 2.24) is 9.55 Å². The van der Waals surface area contributed by atoms with Gasteiger partial charge in [-0.05, 0) is 30.2 Å². The number of aryl methyl sites for hydroxylation is 2. The Morgan fingerprint density at radius 3 is 2.43 bits per heavy atom. The van der Waals surface area contributed by atoms with Gasteiger partial charge in [-0.15, -0.1) is 0 Å². The molecule has 30 heavy (non-hydrogen) atoms. The smallest absolute Gasteiger partial charge is 0.408 e. The summed E-state index contributed by atoms with van der Waals surface area (Å²) in [5.41, 5.74) is 1.24. The number of aromatic nitrogens is 2. The average Bonchev–Trinajstić information content (AvgIpc) is 3.03. The second kappa shape index (κ2) is 7.55. The SMILES string of the molecule is CCc1cc2c(cc1N(C(=O)c1ccccc1)c1c(F)cncc1F)oc(=O)n2C. The van der Waals surface area contributed by atoms with E-state index in [4.69, 9.17) is 4.42 Å². The van der Waals surface area contributed by atoms with Gasteiger partial charge in [-0.25, -0.2) is 13.6 Å². The highest BCUT2D eigenvalue weighted by molar-refractivity contribution is 6.12. The van der Waals surface area contributed by atoms with Gasteiger partial charge in [0.2, 0.25) is 0 Å². The molecular formula is C22H17F2N3O3. The van der Waals surface area contributed by atoms with Crippen LogP contribution in [0.5, 0.6) is 0 Å². The molecular weight excluding hydrogens is 392 g/mol. The molecule has 0 atom stereocenters. The zero-order valence-electron chi connectivity index (χ0n) is 16.2. The van der Waals surface area contributed by atoms with Gasteiger partial charge in [0, 0.05) is 18.7 Å². The zero-order valence-corrected chi connectivity index (χ0v) is 16.2. The number of carbonyl (C=O) groups is 1. The van der Waals surface area contributed by atoms with Crippen molar-refractivity contribution in [2.24, 2.45) is 7.05 Å². The third-order valence-corrected chi connectivity index (χ3v) is 4.89. The van der Waals surface area contributed by atoms with E-state index in [-0.39, 0.29) is 16.8 Å². The van der Waals surface area contributed by atoms with Crippen molar-refractivity contribution in [3.63, 3.8) is 0 Å². The minimum absolute atomic E-state index is 0.204. The molecule has 0 aliphatic rings. The summed E-state index contributed by atoms with van der Waals surface area (Å²) < 4.78 is 36.0. The lowest BCUT2D eigenvalue weighted by molar-refractivity contribution is 0.0997. The van der Waals surface area contributed by atoms with Crippen LogP contribution in [0.15, 0.2) is 64.1 Å². The van der Waals surface area contributed by atoms with Crippen molar-refractivity contribution in [1.29, 1.82) is 0 Å². The maximum atomic E-state index is 14.7. The van der Waals surface area contributed by atoms with Gasteiger partial charge < -0.3 is 4.42 Å². The van der Waals surface area contributed by atoms with Crippen molar-refractivity contribution >= 4 is 28.4 Å². The number of hydrogen-bond donors (Lipinski definition) is 0. The summed E-state index contributed by atoms with van der Waals surface area (Å²) in [6, 6.07) is 11.3. The summed E-state index contributed by atoms with van der Waals surface area (Å²) in [6.07, 6.45) is 2.13. The number of carbonyl (C=O) groups excluding carboxylic acids is 1. The van der Waals surface area contributed by atoms with E-state index in [9.17, 15) is 18.4 Å². The van der Waals surface area contributed by atoms with Gasteiger partial charge in [0.25, 0.3) is 5.91 Å². The molecule has 0 N–H and O–H groups in total. The first-order valence-electron chi connectivity index (χ1n) is 9.23. The number of rotatable bonds is 4. The predicted octanol–water partition coefficient (Wildman–Crippen LogP) is 4.35. The molecule has 6 nitrogen and oxygen atoms in total. The number of fused-ring (bicyclic) bond motifs is 1. The monoisotopic (exact) mass is 409 g/mol. The Kier molecular flexibility index (Phi) is 4.91. The molecule has 0 fully saturated rings. The average molecular weight is 409 g/mol. The summed E-state index contributed by atoms with van der Waals surface area (Å²) in [6.45, 7) is 1.84. The Bertz CT molecular complexity index is 1290. The maximum Gasteiger partial charge on any atom is 0.419 e. The molecule has 0 aliphatic heterocycles. The number of amides is 1. The Morgan fingerprint density at radius 1 is 1.13 bits per heavy atom. The van der Waals surface area contributed by atoms with Crippen molar-refractivity contribution in [2.45, 2.75) is 13.3 Å². The normalized spacial score (nSPS) is 11.1. The molecule has 0 aliphatic carbocycles. The fourth-order valence-electron chi connectivity index (χ4n) is 3.36. The molecule has 0 unspecified atom stereocenters. The first-order chi connectivity index (χ1) is 14.4. The summed E-state index contributed by atoms with van der Waals surface area (Å²) >= 11 is 0. The van der Waals surface area contributed by atoms with Crippen LogP contribution in [-0.2, 0) is 13.5 Å². The Labute approximate surface area is 170 Å². The van der Waals surface area contributed by atoms with E-state index < -0.39 is 29.0 Å². The lowest BCUT2D eigenvalue weighted by Crippen LogP contribution is -2.29. The number of benzene rings is 2. The van der Waals surface area contributed by atoms with E-state index >= 15 is 0 Å². The van der Waals surface area contributed by atoms with E-state index in [0.717, 1.165) is 17.3 Å². The predicted molar refractivity (Wildman–Crippen MR) is 108 cm³/mol. The molecule has 0 saturated heterocycles. The topological polar surface area (TPSA) is 68.3 Å². The van der Waals surface area contributed by atoms with Crippen molar-refractivity contribution < 1.29 is 18.0 Å². The van der Waals surface area contributed by atoms with Crippen molar-refractivity contribution in [3.05, 3.63) is 88.2 Å². The maximum absolute atomic E-state index is 14.7. The quantitative estimate of drug-likeness (QED) is 0.503. The van der Waals surface area contributed by atoms with Crippen LogP contribution >= 0.6 is 0 Å². The third kappa shape index (κ3) is 3.16. The summed E-state index contributed by atoms with van der Waals surface area (Å²) in [5, 5.41) is 0. The largest absolute Gasteiger partial charge is 0.419 e.